The van der Waals surface area contributed by atoms with Crippen LogP contribution in [0.2, 0.25) is 0 Å². The highest BCUT2D eigenvalue weighted by Gasteiger charge is 2.12. The smallest absolute Gasteiger partial charge is 0.317 e. The van der Waals surface area contributed by atoms with E-state index in [1.165, 1.54) is 6.39 Å². The highest BCUT2D eigenvalue weighted by atomic mass is 16.5. The zero-order chi connectivity index (χ0) is 19.8. The molecule has 3 rings (SSSR count). The Morgan fingerprint density at radius 1 is 1.11 bits per heavy atom. The molecule has 1 aromatic heterocycles. The first-order valence-electron chi connectivity index (χ1n) is 9.19. The second-order valence-electron chi connectivity index (χ2n) is 6.63. The number of rotatable bonds is 10. The fraction of sp³-hybridized carbons (Fsp3) is 0.273. The number of carboxylic acid groups (broad SMARTS) is 1. The van der Waals surface area contributed by atoms with Crippen LogP contribution in [-0.2, 0) is 24.3 Å². The van der Waals surface area contributed by atoms with Gasteiger partial charge in [0.05, 0.1) is 18.8 Å². The van der Waals surface area contributed by atoms with Crippen LogP contribution in [0.3, 0.4) is 0 Å². The van der Waals surface area contributed by atoms with Gasteiger partial charge in [-0.2, -0.15) is 0 Å². The van der Waals surface area contributed by atoms with E-state index in [4.69, 9.17) is 9.15 Å². The molecule has 0 saturated heterocycles. The summed E-state index contributed by atoms with van der Waals surface area (Å²) in [6.45, 7) is 3.46. The third-order valence-corrected chi connectivity index (χ3v) is 4.36. The van der Waals surface area contributed by atoms with E-state index < -0.39 is 5.97 Å². The van der Waals surface area contributed by atoms with Crippen molar-refractivity contribution < 1.29 is 19.1 Å². The molecule has 0 unspecified atom stereocenters. The lowest BCUT2D eigenvalue weighted by atomic mass is 10.1. The van der Waals surface area contributed by atoms with Crippen molar-refractivity contribution in [2.45, 2.75) is 26.4 Å². The number of hydrogen-bond donors (Lipinski definition) is 1. The SMILES string of the molecule is Cc1ocnc1CCOc1cccc(CN(CC(=O)O)Cc2ccccc2)c1. The van der Waals surface area contributed by atoms with Crippen molar-refractivity contribution in [2.24, 2.45) is 0 Å². The van der Waals surface area contributed by atoms with Crippen LogP contribution in [0.1, 0.15) is 22.6 Å². The predicted octanol–water partition coefficient (Wildman–Crippen LogP) is 3.69. The molecule has 0 fully saturated rings. The molecule has 1 heterocycles. The van der Waals surface area contributed by atoms with Crippen LogP contribution in [0.4, 0.5) is 0 Å². The second-order valence-corrected chi connectivity index (χ2v) is 6.63. The highest BCUT2D eigenvalue weighted by molar-refractivity contribution is 5.69. The number of aromatic nitrogens is 1. The zero-order valence-corrected chi connectivity index (χ0v) is 15.9. The Kier molecular flexibility index (Phi) is 6.81. The van der Waals surface area contributed by atoms with E-state index in [1.807, 2.05) is 66.4 Å². The van der Waals surface area contributed by atoms with Crippen molar-refractivity contribution in [2.75, 3.05) is 13.2 Å². The van der Waals surface area contributed by atoms with Crippen molar-refractivity contribution in [1.29, 1.82) is 0 Å². The molecule has 6 heteroatoms. The summed E-state index contributed by atoms with van der Waals surface area (Å²) in [5, 5.41) is 9.24. The van der Waals surface area contributed by atoms with Crippen molar-refractivity contribution in [3.63, 3.8) is 0 Å². The lowest BCUT2D eigenvalue weighted by molar-refractivity contribution is -0.138. The van der Waals surface area contributed by atoms with E-state index in [0.29, 0.717) is 26.1 Å². The number of benzene rings is 2. The lowest BCUT2D eigenvalue weighted by Crippen LogP contribution is -2.28. The van der Waals surface area contributed by atoms with Crippen LogP contribution in [-0.4, -0.2) is 34.1 Å². The Morgan fingerprint density at radius 2 is 1.86 bits per heavy atom. The number of ether oxygens (including phenoxy) is 1. The molecule has 1 N–H and O–H groups in total. The largest absolute Gasteiger partial charge is 0.493 e. The van der Waals surface area contributed by atoms with Crippen molar-refractivity contribution in [3.05, 3.63) is 83.6 Å². The van der Waals surface area contributed by atoms with Crippen molar-refractivity contribution >= 4 is 5.97 Å². The van der Waals surface area contributed by atoms with E-state index in [-0.39, 0.29) is 6.54 Å². The predicted molar refractivity (Wildman–Crippen MR) is 105 cm³/mol. The fourth-order valence-electron chi connectivity index (χ4n) is 3.03. The van der Waals surface area contributed by atoms with Gasteiger partial charge in [0.25, 0.3) is 0 Å². The van der Waals surface area contributed by atoms with E-state index >= 15 is 0 Å². The number of hydrogen-bond acceptors (Lipinski definition) is 5. The first-order valence-corrected chi connectivity index (χ1v) is 9.19. The summed E-state index contributed by atoms with van der Waals surface area (Å²) in [7, 11) is 0. The zero-order valence-electron chi connectivity index (χ0n) is 15.9. The van der Waals surface area contributed by atoms with E-state index in [2.05, 4.69) is 4.98 Å². The summed E-state index contributed by atoms with van der Waals surface area (Å²) in [5.74, 6) is 0.725. The molecule has 146 valence electrons. The van der Waals surface area contributed by atoms with Crippen LogP contribution in [0, 0.1) is 6.92 Å². The molecule has 0 aliphatic heterocycles. The number of aryl methyl sites for hydroxylation is 1. The van der Waals surface area contributed by atoms with Crippen LogP contribution in [0.5, 0.6) is 5.75 Å². The van der Waals surface area contributed by atoms with Crippen molar-refractivity contribution in [3.8, 4) is 5.75 Å². The second kappa shape index (κ2) is 9.71. The van der Waals surface area contributed by atoms with Gasteiger partial charge in [-0.25, -0.2) is 4.98 Å². The molecule has 0 saturated carbocycles. The summed E-state index contributed by atoms with van der Waals surface area (Å²) < 4.78 is 11.0. The topological polar surface area (TPSA) is 75.8 Å². The molecular formula is C22H24N2O4. The Labute approximate surface area is 164 Å². The quantitative estimate of drug-likeness (QED) is 0.578. The van der Waals surface area contributed by atoms with Gasteiger partial charge in [0.2, 0.25) is 0 Å². The van der Waals surface area contributed by atoms with Crippen LogP contribution < -0.4 is 4.74 Å². The number of carboxylic acids is 1. The van der Waals surface area contributed by atoms with Crippen LogP contribution >= 0.6 is 0 Å². The monoisotopic (exact) mass is 380 g/mol. The molecule has 6 nitrogen and oxygen atoms in total. The van der Waals surface area contributed by atoms with Gasteiger partial charge >= 0.3 is 5.97 Å². The Hall–Kier alpha value is -3.12. The standard InChI is InChI=1S/C22H24N2O4/c1-17-21(23-16-28-17)10-11-27-20-9-5-8-19(12-20)14-24(15-22(25)26)13-18-6-3-2-4-7-18/h2-9,12,16H,10-11,13-15H2,1H3,(H,25,26). The summed E-state index contributed by atoms with van der Waals surface area (Å²) in [5.41, 5.74) is 2.98. The van der Waals surface area contributed by atoms with Crippen LogP contribution in [0.15, 0.2) is 65.4 Å². The fourth-order valence-corrected chi connectivity index (χ4v) is 3.03. The van der Waals surface area contributed by atoms with Gasteiger partial charge in [-0.15, -0.1) is 0 Å². The number of oxazole rings is 1. The van der Waals surface area contributed by atoms with Gasteiger partial charge in [-0.1, -0.05) is 42.5 Å². The minimum absolute atomic E-state index is 0.0224. The molecule has 2 aromatic carbocycles. The van der Waals surface area contributed by atoms with E-state index in [9.17, 15) is 9.90 Å². The molecular weight excluding hydrogens is 356 g/mol. The molecule has 3 aromatic rings. The summed E-state index contributed by atoms with van der Waals surface area (Å²) in [4.78, 5) is 17.3. The third-order valence-electron chi connectivity index (χ3n) is 4.36. The molecule has 0 bridgehead atoms. The maximum atomic E-state index is 11.3. The highest BCUT2D eigenvalue weighted by Crippen LogP contribution is 2.17. The molecule has 0 atom stereocenters. The number of aliphatic carboxylic acids is 1. The molecule has 0 amide bonds. The first kappa shape index (κ1) is 19.6. The van der Waals surface area contributed by atoms with E-state index in [1.54, 1.807) is 0 Å². The minimum atomic E-state index is -0.841. The minimum Gasteiger partial charge on any atom is -0.493 e. The van der Waals surface area contributed by atoms with Crippen LogP contribution in [0.25, 0.3) is 0 Å². The Balaban J connectivity index is 1.60. The molecule has 0 aliphatic rings. The number of nitrogens with zero attached hydrogens (tertiary/aromatic N) is 2. The van der Waals surface area contributed by atoms with E-state index in [0.717, 1.165) is 28.3 Å². The van der Waals surface area contributed by atoms with Gasteiger partial charge < -0.3 is 14.3 Å². The van der Waals surface area contributed by atoms with Gasteiger partial charge in [0, 0.05) is 19.5 Å². The maximum Gasteiger partial charge on any atom is 0.317 e. The summed E-state index contributed by atoms with van der Waals surface area (Å²) >= 11 is 0. The number of carbonyl (C=O) groups is 1. The average molecular weight is 380 g/mol. The lowest BCUT2D eigenvalue weighted by Gasteiger charge is -2.21. The normalized spacial score (nSPS) is 10.9. The van der Waals surface area contributed by atoms with Gasteiger partial charge in [0.1, 0.15) is 11.5 Å². The van der Waals surface area contributed by atoms with Crippen molar-refractivity contribution in [1.82, 2.24) is 9.88 Å². The third kappa shape index (κ3) is 5.96. The molecule has 28 heavy (non-hydrogen) atoms. The summed E-state index contributed by atoms with van der Waals surface area (Å²) in [6, 6.07) is 17.6. The first-order chi connectivity index (χ1) is 13.6. The average Bonchev–Trinajstić information content (AvgIpc) is 3.07. The molecule has 0 radical (unpaired) electrons. The van der Waals surface area contributed by atoms with Gasteiger partial charge in [-0.05, 0) is 30.2 Å². The maximum absolute atomic E-state index is 11.3. The Bertz CT molecular complexity index is 892. The molecule has 0 aliphatic carbocycles. The molecule has 0 spiro atoms. The van der Waals surface area contributed by atoms with Gasteiger partial charge in [-0.3, -0.25) is 9.69 Å². The Morgan fingerprint density at radius 3 is 2.57 bits per heavy atom. The van der Waals surface area contributed by atoms with Gasteiger partial charge in [0.15, 0.2) is 6.39 Å². The summed E-state index contributed by atoms with van der Waals surface area (Å²) in [6.07, 6.45) is 2.11.